The molecule has 0 aromatic rings. The van der Waals surface area contributed by atoms with Crippen LogP contribution in [0.5, 0.6) is 0 Å². The highest BCUT2D eigenvalue weighted by Crippen LogP contribution is 2.41. The molecular weight excluding hydrogens is 304 g/mol. The lowest BCUT2D eigenvalue weighted by Crippen LogP contribution is -2.59. The Labute approximate surface area is 135 Å². The van der Waals surface area contributed by atoms with Gasteiger partial charge in [-0.3, -0.25) is 4.79 Å². The van der Waals surface area contributed by atoms with Crippen molar-refractivity contribution in [2.24, 2.45) is 5.41 Å². The number of aliphatic hydroxyl groups excluding tert-OH is 4. The molecule has 132 valence electrons. The Hall–Kier alpha value is -0.830. The zero-order chi connectivity index (χ0) is 17.4. The third kappa shape index (κ3) is 3.65. The van der Waals surface area contributed by atoms with Crippen molar-refractivity contribution in [1.82, 2.24) is 0 Å². The van der Waals surface area contributed by atoms with Crippen LogP contribution in [0.4, 0.5) is 0 Å². The second-order valence-electron chi connectivity index (χ2n) is 7.06. The Morgan fingerprint density at radius 1 is 1.26 bits per heavy atom. The molecular formula is C16H26O7. The molecule has 0 aromatic heterocycles. The SMILES string of the molecule is CC1=C(C=O)C(C)(C)C[C@H](O[C@@H]2O[C@H](CO)C(O)[C@H](O)C2O)C1. The van der Waals surface area contributed by atoms with Crippen LogP contribution >= 0.6 is 0 Å². The summed E-state index contributed by atoms with van der Waals surface area (Å²) in [5.74, 6) is 0. The molecule has 0 amide bonds. The molecule has 0 saturated carbocycles. The predicted octanol–water partition coefficient (Wildman–Crippen LogP) is -0.493. The third-order valence-electron chi connectivity index (χ3n) is 4.75. The monoisotopic (exact) mass is 330 g/mol. The van der Waals surface area contributed by atoms with Crippen molar-refractivity contribution in [3.63, 3.8) is 0 Å². The van der Waals surface area contributed by atoms with E-state index in [1.807, 2.05) is 20.8 Å². The van der Waals surface area contributed by atoms with Gasteiger partial charge in [0.25, 0.3) is 0 Å². The molecule has 0 spiro atoms. The Morgan fingerprint density at radius 3 is 2.43 bits per heavy atom. The summed E-state index contributed by atoms with van der Waals surface area (Å²) >= 11 is 0. The molecule has 2 unspecified atom stereocenters. The Kier molecular flexibility index (Phi) is 5.60. The number of carbonyl (C=O) groups excluding carboxylic acids is 1. The first-order valence-electron chi connectivity index (χ1n) is 7.82. The van der Waals surface area contributed by atoms with E-state index in [1.54, 1.807) is 0 Å². The second kappa shape index (κ2) is 6.96. The first-order chi connectivity index (χ1) is 10.7. The first-order valence-corrected chi connectivity index (χ1v) is 7.82. The summed E-state index contributed by atoms with van der Waals surface area (Å²) in [4.78, 5) is 11.2. The molecule has 1 aliphatic heterocycles. The fourth-order valence-corrected chi connectivity index (χ4v) is 3.51. The molecule has 7 nitrogen and oxygen atoms in total. The largest absolute Gasteiger partial charge is 0.394 e. The average molecular weight is 330 g/mol. The van der Waals surface area contributed by atoms with E-state index < -0.39 is 37.3 Å². The van der Waals surface area contributed by atoms with Crippen LogP contribution in [0.15, 0.2) is 11.1 Å². The van der Waals surface area contributed by atoms with Crippen molar-refractivity contribution in [2.45, 2.75) is 70.4 Å². The standard InChI is InChI=1S/C16H26O7/c1-8-4-9(5-16(2,3)10(8)6-17)22-15-14(21)13(20)12(19)11(7-18)23-15/h6,9,11-15,18-21H,4-5,7H2,1-3H3/t9-,11-,12?,13+,14?,15-/m1/s1. The predicted molar refractivity (Wildman–Crippen MR) is 80.4 cm³/mol. The number of aliphatic hydroxyl groups is 4. The maximum absolute atomic E-state index is 11.2. The van der Waals surface area contributed by atoms with Crippen molar-refractivity contribution < 1.29 is 34.7 Å². The number of aldehydes is 1. The summed E-state index contributed by atoms with van der Waals surface area (Å²) < 4.78 is 11.2. The summed E-state index contributed by atoms with van der Waals surface area (Å²) in [5, 5.41) is 38.8. The Bertz CT molecular complexity index is 471. The molecule has 2 rings (SSSR count). The highest BCUT2D eigenvalue weighted by atomic mass is 16.7. The second-order valence-corrected chi connectivity index (χ2v) is 7.06. The fourth-order valence-electron chi connectivity index (χ4n) is 3.51. The van der Waals surface area contributed by atoms with E-state index in [1.165, 1.54) is 0 Å². The normalized spacial score (nSPS) is 41.0. The maximum Gasteiger partial charge on any atom is 0.186 e. The summed E-state index contributed by atoms with van der Waals surface area (Å²) in [7, 11) is 0. The quantitative estimate of drug-likeness (QED) is 0.514. The smallest absolute Gasteiger partial charge is 0.186 e. The highest BCUT2D eigenvalue weighted by molar-refractivity contribution is 5.77. The van der Waals surface area contributed by atoms with Crippen LogP contribution in [0, 0.1) is 5.41 Å². The minimum Gasteiger partial charge on any atom is -0.394 e. The van der Waals surface area contributed by atoms with Crippen molar-refractivity contribution >= 4 is 6.29 Å². The first kappa shape index (κ1) is 18.5. The van der Waals surface area contributed by atoms with Crippen LogP contribution in [0.1, 0.15) is 33.6 Å². The number of rotatable bonds is 4. The number of ether oxygens (including phenoxy) is 2. The lowest BCUT2D eigenvalue weighted by Gasteiger charge is -2.43. The van der Waals surface area contributed by atoms with Crippen molar-refractivity contribution in [2.75, 3.05) is 6.61 Å². The molecule has 0 bridgehead atoms. The molecule has 6 atom stereocenters. The van der Waals surface area contributed by atoms with Crippen molar-refractivity contribution in [3.8, 4) is 0 Å². The van der Waals surface area contributed by atoms with E-state index >= 15 is 0 Å². The van der Waals surface area contributed by atoms with Gasteiger partial charge in [-0.2, -0.15) is 0 Å². The molecule has 0 radical (unpaired) electrons. The zero-order valence-corrected chi connectivity index (χ0v) is 13.7. The number of allylic oxidation sites excluding steroid dienone is 1. The van der Waals surface area contributed by atoms with Crippen LogP contribution < -0.4 is 0 Å². The zero-order valence-electron chi connectivity index (χ0n) is 13.7. The topological polar surface area (TPSA) is 116 Å². The molecule has 0 aromatic carbocycles. The molecule has 1 fully saturated rings. The van der Waals surface area contributed by atoms with Gasteiger partial charge in [0.1, 0.15) is 30.7 Å². The fraction of sp³-hybridized carbons (Fsp3) is 0.812. The molecule has 1 saturated heterocycles. The van der Waals surface area contributed by atoms with E-state index in [9.17, 15) is 25.2 Å². The van der Waals surface area contributed by atoms with Gasteiger partial charge in [0.15, 0.2) is 6.29 Å². The minimum absolute atomic E-state index is 0.296. The molecule has 2 aliphatic rings. The van der Waals surface area contributed by atoms with Gasteiger partial charge in [-0.15, -0.1) is 0 Å². The van der Waals surface area contributed by atoms with Crippen LogP contribution in [0.2, 0.25) is 0 Å². The van der Waals surface area contributed by atoms with E-state index in [2.05, 4.69) is 0 Å². The van der Waals surface area contributed by atoms with Gasteiger partial charge in [-0.25, -0.2) is 0 Å². The maximum atomic E-state index is 11.2. The molecule has 7 heteroatoms. The molecule has 1 aliphatic carbocycles. The number of carbonyl (C=O) groups is 1. The van der Waals surface area contributed by atoms with E-state index in [0.717, 1.165) is 17.4 Å². The van der Waals surface area contributed by atoms with E-state index in [-0.39, 0.29) is 11.5 Å². The molecule has 4 N–H and O–H groups in total. The van der Waals surface area contributed by atoms with Gasteiger partial charge >= 0.3 is 0 Å². The van der Waals surface area contributed by atoms with Gasteiger partial charge in [-0.1, -0.05) is 19.4 Å². The van der Waals surface area contributed by atoms with E-state index in [0.29, 0.717) is 12.8 Å². The molecule has 1 heterocycles. The number of hydrogen-bond donors (Lipinski definition) is 4. The number of hydrogen-bond acceptors (Lipinski definition) is 7. The van der Waals surface area contributed by atoms with Gasteiger partial charge in [0.05, 0.1) is 12.7 Å². The Morgan fingerprint density at radius 2 is 1.91 bits per heavy atom. The van der Waals surface area contributed by atoms with Gasteiger partial charge in [0.2, 0.25) is 0 Å². The lowest BCUT2D eigenvalue weighted by molar-refractivity contribution is -0.312. The van der Waals surface area contributed by atoms with Crippen LogP contribution in [-0.2, 0) is 14.3 Å². The highest BCUT2D eigenvalue weighted by Gasteiger charge is 2.45. The van der Waals surface area contributed by atoms with Gasteiger partial charge in [0, 0.05) is 0 Å². The van der Waals surface area contributed by atoms with Crippen LogP contribution in [0.3, 0.4) is 0 Å². The lowest BCUT2D eigenvalue weighted by atomic mass is 9.72. The van der Waals surface area contributed by atoms with Crippen molar-refractivity contribution in [1.29, 1.82) is 0 Å². The van der Waals surface area contributed by atoms with Gasteiger partial charge in [-0.05, 0) is 30.8 Å². The average Bonchev–Trinajstić information content (AvgIpc) is 2.46. The molecule has 23 heavy (non-hydrogen) atoms. The van der Waals surface area contributed by atoms with Gasteiger partial charge < -0.3 is 29.9 Å². The summed E-state index contributed by atoms with van der Waals surface area (Å²) in [6, 6.07) is 0. The van der Waals surface area contributed by atoms with Crippen LogP contribution in [0.25, 0.3) is 0 Å². The third-order valence-corrected chi connectivity index (χ3v) is 4.75. The Balaban J connectivity index is 2.10. The summed E-state index contributed by atoms with van der Waals surface area (Å²) in [5.41, 5.74) is 1.32. The van der Waals surface area contributed by atoms with Crippen molar-refractivity contribution in [3.05, 3.63) is 11.1 Å². The summed E-state index contributed by atoms with van der Waals surface area (Å²) in [6.07, 6.45) is -4.73. The minimum atomic E-state index is -1.45. The van der Waals surface area contributed by atoms with E-state index in [4.69, 9.17) is 9.47 Å². The van der Waals surface area contributed by atoms with Crippen LogP contribution in [-0.4, -0.2) is 70.1 Å². The summed E-state index contributed by atoms with van der Waals surface area (Å²) in [6.45, 7) is 5.27.